The summed E-state index contributed by atoms with van der Waals surface area (Å²) >= 11 is 0. The van der Waals surface area contributed by atoms with E-state index in [0.717, 1.165) is 48.8 Å². The second-order valence-corrected chi connectivity index (χ2v) is 6.38. The molecule has 0 aliphatic carbocycles. The summed E-state index contributed by atoms with van der Waals surface area (Å²) in [6, 6.07) is 9.23. The van der Waals surface area contributed by atoms with Gasteiger partial charge in [0.05, 0.1) is 11.6 Å². The Hall–Kier alpha value is -2.76. The van der Waals surface area contributed by atoms with Crippen LogP contribution in [0.4, 0.5) is 5.82 Å². The Bertz CT molecular complexity index is 787. The Morgan fingerprint density at radius 2 is 2.00 bits per heavy atom. The number of carbonyl (C=O) groups excluding carboxylic acids is 1. The summed E-state index contributed by atoms with van der Waals surface area (Å²) in [5.41, 5.74) is 1.60. The molecular weight excluding hydrogens is 318 g/mol. The van der Waals surface area contributed by atoms with E-state index in [1.807, 2.05) is 31.2 Å². The number of pyridine rings is 1. The Labute approximate surface area is 146 Å². The van der Waals surface area contributed by atoms with Crippen LogP contribution in [0.5, 0.6) is 11.5 Å². The number of hydrogen-bond donors (Lipinski definition) is 1. The van der Waals surface area contributed by atoms with Crippen LogP contribution in [-0.4, -0.2) is 30.8 Å². The van der Waals surface area contributed by atoms with E-state index < -0.39 is 0 Å². The maximum Gasteiger partial charge on any atom is 0.255 e. The van der Waals surface area contributed by atoms with E-state index in [2.05, 4.69) is 15.2 Å². The summed E-state index contributed by atoms with van der Waals surface area (Å²) in [6.07, 6.45) is 4.03. The summed E-state index contributed by atoms with van der Waals surface area (Å²) in [5, 5.41) is 3.07. The summed E-state index contributed by atoms with van der Waals surface area (Å²) in [7, 11) is 0. The van der Waals surface area contributed by atoms with Gasteiger partial charge in [-0.25, -0.2) is 4.98 Å². The molecule has 1 N–H and O–H groups in total. The van der Waals surface area contributed by atoms with E-state index in [-0.39, 0.29) is 18.7 Å². The van der Waals surface area contributed by atoms with Crippen LogP contribution in [0.15, 0.2) is 36.5 Å². The molecule has 1 fully saturated rings. The fourth-order valence-corrected chi connectivity index (χ4v) is 3.30. The molecule has 1 aromatic heterocycles. The van der Waals surface area contributed by atoms with Gasteiger partial charge in [-0.2, -0.15) is 0 Å². The van der Waals surface area contributed by atoms with Crippen molar-refractivity contribution >= 4 is 11.7 Å². The third-order valence-corrected chi connectivity index (χ3v) is 4.68. The summed E-state index contributed by atoms with van der Waals surface area (Å²) in [4.78, 5) is 19.4. The number of benzene rings is 1. The lowest BCUT2D eigenvalue weighted by molar-refractivity contribution is 0.0940. The van der Waals surface area contributed by atoms with Crippen molar-refractivity contribution in [2.24, 2.45) is 0 Å². The number of anilines is 1. The smallest absolute Gasteiger partial charge is 0.255 e. The predicted octanol–water partition coefficient (Wildman–Crippen LogP) is 2.90. The minimum Gasteiger partial charge on any atom is -0.454 e. The number of nitrogens with zero attached hydrogens (tertiary/aromatic N) is 2. The molecule has 1 saturated heterocycles. The molecule has 2 aliphatic rings. The van der Waals surface area contributed by atoms with Gasteiger partial charge in [-0.05, 0) is 49.6 Å². The van der Waals surface area contributed by atoms with Crippen molar-refractivity contribution in [1.82, 2.24) is 10.3 Å². The molecule has 1 amide bonds. The highest BCUT2D eigenvalue weighted by Crippen LogP contribution is 2.34. The first-order valence-electron chi connectivity index (χ1n) is 8.63. The topological polar surface area (TPSA) is 63.7 Å². The Balaban J connectivity index is 1.52. The number of rotatable bonds is 4. The molecule has 2 aliphatic heterocycles. The van der Waals surface area contributed by atoms with E-state index in [9.17, 15) is 4.79 Å². The number of nitrogens with one attached hydrogen (secondary N) is 1. The standard InChI is InChI=1S/C19H21N3O3/c1-13(14-6-7-16-17(11-14)25-12-24-16)21-19(23)15-5-4-8-20-18(15)22-9-2-3-10-22/h4-8,11,13H,2-3,9-10,12H2,1H3,(H,21,23). The van der Waals surface area contributed by atoms with Gasteiger partial charge in [0.25, 0.3) is 5.91 Å². The lowest BCUT2D eigenvalue weighted by Gasteiger charge is -2.21. The van der Waals surface area contributed by atoms with Crippen molar-refractivity contribution in [1.29, 1.82) is 0 Å². The van der Waals surface area contributed by atoms with Crippen molar-refractivity contribution in [3.05, 3.63) is 47.7 Å². The third kappa shape index (κ3) is 3.12. The second-order valence-electron chi connectivity index (χ2n) is 6.38. The van der Waals surface area contributed by atoms with E-state index >= 15 is 0 Å². The van der Waals surface area contributed by atoms with Gasteiger partial charge in [0.2, 0.25) is 6.79 Å². The zero-order valence-corrected chi connectivity index (χ0v) is 14.2. The van der Waals surface area contributed by atoms with Crippen molar-refractivity contribution in [2.45, 2.75) is 25.8 Å². The van der Waals surface area contributed by atoms with Crippen LogP contribution >= 0.6 is 0 Å². The zero-order valence-electron chi connectivity index (χ0n) is 14.2. The Morgan fingerprint density at radius 3 is 2.84 bits per heavy atom. The number of aromatic nitrogens is 1. The highest BCUT2D eigenvalue weighted by atomic mass is 16.7. The number of amides is 1. The van der Waals surface area contributed by atoms with Gasteiger partial charge in [-0.1, -0.05) is 6.07 Å². The molecule has 0 spiro atoms. The fourth-order valence-electron chi connectivity index (χ4n) is 3.30. The molecule has 1 unspecified atom stereocenters. The third-order valence-electron chi connectivity index (χ3n) is 4.68. The van der Waals surface area contributed by atoms with Gasteiger partial charge in [0.15, 0.2) is 11.5 Å². The minimum atomic E-state index is -0.145. The molecular formula is C19H21N3O3. The summed E-state index contributed by atoms with van der Waals surface area (Å²) < 4.78 is 10.7. The monoisotopic (exact) mass is 339 g/mol. The Morgan fingerprint density at radius 1 is 1.20 bits per heavy atom. The first-order chi connectivity index (χ1) is 12.2. The molecule has 6 heteroatoms. The molecule has 2 aromatic rings. The van der Waals surface area contributed by atoms with Gasteiger partial charge in [-0.3, -0.25) is 4.79 Å². The molecule has 25 heavy (non-hydrogen) atoms. The van der Waals surface area contributed by atoms with Gasteiger partial charge < -0.3 is 19.7 Å². The van der Waals surface area contributed by atoms with E-state index in [1.54, 1.807) is 12.3 Å². The van der Waals surface area contributed by atoms with E-state index in [4.69, 9.17) is 9.47 Å². The van der Waals surface area contributed by atoms with Crippen molar-refractivity contribution < 1.29 is 14.3 Å². The largest absolute Gasteiger partial charge is 0.454 e. The highest BCUT2D eigenvalue weighted by molar-refractivity contribution is 5.99. The molecule has 1 aromatic carbocycles. The average molecular weight is 339 g/mol. The van der Waals surface area contributed by atoms with Crippen LogP contribution in [0.2, 0.25) is 0 Å². The lowest BCUT2D eigenvalue weighted by Crippen LogP contribution is -2.30. The van der Waals surface area contributed by atoms with E-state index in [0.29, 0.717) is 5.56 Å². The van der Waals surface area contributed by atoms with Crippen molar-refractivity contribution in [3.8, 4) is 11.5 Å². The number of ether oxygens (including phenoxy) is 2. The first kappa shape index (κ1) is 15.7. The number of fused-ring (bicyclic) bond motifs is 1. The molecule has 1 atom stereocenters. The predicted molar refractivity (Wildman–Crippen MR) is 94.1 cm³/mol. The zero-order chi connectivity index (χ0) is 17.2. The molecule has 4 rings (SSSR count). The summed E-state index contributed by atoms with van der Waals surface area (Å²) in [5.74, 6) is 2.12. The van der Waals surface area contributed by atoms with E-state index in [1.165, 1.54) is 0 Å². The normalized spacial score (nSPS) is 16.8. The van der Waals surface area contributed by atoms with Gasteiger partial charge >= 0.3 is 0 Å². The molecule has 0 radical (unpaired) electrons. The second kappa shape index (κ2) is 6.63. The highest BCUT2D eigenvalue weighted by Gasteiger charge is 2.22. The molecule has 130 valence electrons. The summed E-state index contributed by atoms with van der Waals surface area (Å²) in [6.45, 7) is 4.11. The quantitative estimate of drug-likeness (QED) is 0.928. The van der Waals surface area contributed by atoms with Crippen LogP contribution in [-0.2, 0) is 0 Å². The molecule has 0 saturated carbocycles. The number of carbonyl (C=O) groups is 1. The maximum absolute atomic E-state index is 12.8. The van der Waals surface area contributed by atoms with Crippen LogP contribution in [0.3, 0.4) is 0 Å². The van der Waals surface area contributed by atoms with Crippen LogP contribution in [0.25, 0.3) is 0 Å². The Kier molecular flexibility index (Phi) is 4.17. The molecule has 6 nitrogen and oxygen atoms in total. The van der Waals surface area contributed by atoms with Crippen molar-refractivity contribution in [3.63, 3.8) is 0 Å². The van der Waals surface area contributed by atoms with Crippen molar-refractivity contribution in [2.75, 3.05) is 24.8 Å². The minimum absolute atomic E-state index is 0.111. The van der Waals surface area contributed by atoms with Gasteiger partial charge in [-0.15, -0.1) is 0 Å². The fraction of sp³-hybridized carbons (Fsp3) is 0.368. The van der Waals surface area contributed by atoms with Crippen LogP contribution in [0.1, 0.15) is 41.7 Å². The van der Waals surface area contributed by atoms with Crippen LogP contribution in [0, 0.1) is 0 Å². The van der Waals surface area contributed by atoms with Gasteiger partial charge in [0, 0.05) is 19.3 Å². The number of hydrogen-bond acceptors (Lipinski definition) is 5. The molecule has 0 bridgehead atoms. The lowest BCUT2D eigenvalue weighted by atomic mass is 10.1. The average Bonchev–Trinajstić information content (AvgIpc) is 3.32. The molecule has 3 heterocycles. The van der Waals surface area contributed by atoms with Crippen LogP contribution < -0.4 is 19.7 Å². The maximum atomic E-state index is 12.8. The first-order valence-corrected chi connectivity index (χ1v) is 8.63. The SMILES string of the molecule is CC(NC(=O)c1cccnc1N1CCCC1)c1ccc2c(c1)OCO2. The van der Waals surface area contributed by atoms with Gasteiger partial charge in [0.1, 0.15) is 5.82 Å².